The fourth-order valence-electron chi connectivity index (χ4n) is 3.73. The van der Waals surface area contributed by atoms with Crippen molar-refractivity contribution in [2.75, 3.05) is 7.11 Å². The van der Waals surface area contributed by atoms with E-state index in [-0.39, 0.29) is 33.4 Å². The van der Waals surface area contributed by atoms with Gasteiger partial charge in [-0.3, -0.25) is 35.3 Å². The van der Waals surface area contributed by atoms with Crippen LogP contribution in [0.4, 0.5) is 17.1 Å². The minimum atomic E-state index is -0.951. The number of benzene rings is 2. The summed E-state index contributed by atoms with van der Waals surface area (Å²) in [5.74, 6) is -0.951. The van der Waals surface area contributed by atoms with Crippen molar-refractivity contribution in [2.45, 2.75) is 0 Å². The van der Waals surface area contributed by atoms with Crippen LogP contribution in [0.5, 0.6) is 0 Å². The highest BCUT2D eigenvalue weighted by atomic mass is 16.6. The fourth-order valence-corrected chi connectivity index (χ4v) is 3.73. The Morgan fingerprint density at radius 1 is 0.909 bits per heavy atom. The number of nitrogens with zero attached hydrogens (tertiary/aromatic N) is 4. The monoisotopic (exact) mass is 448 g/mol. The zero-order valence-corrected chi connectivity index (χ0v) is 16.8. The van der Waals surface area contributed by atoms with Gasteiger partial charge in [-0.2, -0.15) is 0 Å². The second kappa shape index (κ2) is 7.92. The van der Waals surface area contributed by atoms with Gasteiger partial charge in [0.2, 0.25) is 0 Å². The summed E-state index contributed by atoms with van der Waals surface area (Å²) in [4.78, 5) is 49.3. The van der Waals surface area contributed by atoms with Crippen molar-refractivity contribution < 1.29 is 24.3 Å². The molecule has 0 saturated heterocycles. The Labute approximate surface area is 184 Å². The van der Waals surface area contributed by atoms with Crippen molar-refractivity contribution in [3.05, 3.63) is 101 Å². The van der Waals surface area contributed by atoms with Crippen LogP contribution < -0.4 is 0 Å². The minimum Gasteiger partial charge on any atom is -0.465 e. The first kappa shape index (κ1) is 21.2. The maximum Gasteiger partial charge on any atom is 0.338 e. The summed E-state index contributed by atoms with van der Waals surface area (Å²) < 4.78 is 4.76. The van der Waals surface area contributed by atoms with Crippen molar-refractivity contribution in [3.8, 4) is 11.1 Å². The third-order valence-corrected chi connectivity index (χ3v) is 5.06. The molecule has 164 valence electrons. The van der Waals surface area contributed by atoms with Crippen LogP contribution in [-0.2, 0) is 4.74 Å². The highest BCUT2D eigenvalue weighted by Crippen LogP contribution is 2.53. The van der Waals surface area contributed by atoms with Crippen molar-refractivity contribution in [2.24, 2.45) is 0 Å². The Morgan fingerprint density at radius 3 is 2.09 bits per heavy atom. The number of carbonyl (C=O) groups is 1. The lowest BCUT2D eigenvalue weighted by atomic mass is 9.97. The van der Waals surface area contributed by atoms with E-state index in [1.807, 2.05) is 0 Å². The third-order valence-electron chi connectivity index (χ3n) is 5.06. The molecule has 0 N–H and O–H groups in total. The molecule has 0 aliphatic heterocycles. The van der Waals surface area contributed by atoms with E-state index in [0.29, 0.717) is 5.69 Å². The van der Waals surface area contributed by atoms with Gasteiger partial charge in [-0.15, -0.1) is 0 Å². The van der Waals surface area contributed by atoms with Gasteiger partial charge in [0, 0.05) is 35.5 Å². The maximum atomic E-state index is 12.5. The lowest BCUT2D eigenvalue weighted by Crippen LogP contribution is -2.06. The number of hydrogen-bond acceptors (Lipinski definition) is 9. The summed E-state index contributed by atoms with van der Waals surface area (Å²) in [6, 6.07) is 9.00. The number of non-ortho nitro benzene ring substituents is 2. The number of ether oxygens (including phenoxy) is 1. The number of nitro benzene ring substituents is 3. The summed E-state index contributed by atoms with van der Waals surface area (Å²) in [5.41, 5.74) is -1.15. The molecular weight excluding hydrogens is 436 g/mol. The molecule has 0 amide bonds. The van der Waals surface area contributed by atoms with Crippen LogP contribution in [0, 0.1) is 30.3 Å². The van der Waals surface area contributed by atoms with Gasteiger partial charge in [0.15, 0.2) is 0 Å². The van der Waals surface area contributed by atoms with E-state index in [1.165, 1.54) is 12.3 Å². The van der Waals surface area contributed by atoms with Crippen LogP contribution in [0.3, 0.4) is 0 Å². The Morgan fingerprint density at radius 2 is 1.55 bits per heavy atom. The lowest BCUT2D eigenvalue weighted by Gasteiger charge is -2.08. The molecule has 0 bridgehead atoms. The molecule has 12 heteroatoms. The summed E-state index contributed by atoms with van der Waals surface area (Å²) in [6.45, 7) is 0. The van der Waals surface area contributed by atoms with Gasteiger partial charge in [0.25, 0.3) is 17.1 Å². The molecule has 33 heavy (non-hydrogen) atoms. The van der Waals surface area contributed by atoms with Gasteiger partial charge in [-0.05, 0) is 29.3 Å². The highest BCUT2D eigenvalue weighted by Gasteiger charge is 2.38. The van der Waals surface area contributed by atoms with Crippen LogP contribution in [0.1, 0.15) is 27.2 Å². The van der Waals surface area contributed by atoms with Crippen molar-refractivity contribution >= 4 is 34.7 Å². The van der Waals surface area contributed by atoms with Gasteiger partial charge in [0.1, 0.15) is 0 Å². The standard InChI is InChI=1S/C21H12N4O8/c1-33-21(26)17-9-12(23(27)28)7-15-14(6-11-4-2-3-5-22-11)16-8-13(24(29)30)10-18(25(31)32)20(16)19(15)17/h2-10H,1H3/b14-6+. The molecule has 4 rings (SSSR count). The largest absolute Gasteiger partial charge is 0.465 e. The second-order valence-corrected chi connectivity index (χ2v) is 6.88. The lowest BCUT2D eigenvalue weighted by molar-refractivity contribution is -0.393. The number of methoxy groups -OCH3 is 1. The first-order chi connectivity index (χ1) is 15.7. The Kier molecular flexibility index (Phi) is 5.10. The van der Waals surface area contributed by atoms with Gasteiger partial charge in [0.05, 0.1) is 44.8 Å². The Hall–Kier alpha value is -5.00. The van der Waals surface area contributed by atoms with E-state index in [4.69, 9.17) is 4.74 Å². The number of fused-ring (bicyclic) bond motifs is 3. The summed E-state index contributed by atoms with van der Waals surface area (Å²) in [6.07, 6.45) is 2.98. The number of hydrogen-bond donors (Lipinski definition) is 0. The number of esters is 1. The molecule has 1 heterocycles. The van der Waals surface area contributed by atoms with Gasteiger partial charge < -0.3 is 4.74 Å². The molecule has 0 fully saturated rings. The summed E-state index contributed by atoms with van der Waals surface area (Å²) in [7, 11) is 1.07. The summed E-state index contributed by atoms with van der Waals surface area (Å²) >= 11 is 0. The average molecular weight is 448 g/mol. The quantitative estimate of drug-likeness (QED) is 0.247. The number of carbonyl (C=O) groups excluding carboxylic acids is 1. The van der Waals surface area contributed by atoms with E-state index in [1.54, 1.807) is 18.2 Å². The average Bonchev–Trinajstić information content (AvgIpc) is 3.11. The van der Waals surface area contributed by atoms with Crippen LogP contribution in [0.25, 0.3) is 22.8 Å². The van der Waals surface area contributed by atoms with Crippen LogP contribution >= 0.6 is 0 Å². The van der Waals surface area contributed by atoms with Crippen LogP contribution in [0.2, 0.25) is 0 Å². The van der Waals surface area contributed by atoms with Crippen molar-refractivity contribution in [1.82, 2.24) is 4.98 Å². The van der Waals surface area contributed by atoms with E-state index < -0.39 is 37.8 Å². The number of pyridine rings is 1. The van der Waals surface area contributed by atoms with Gasteiger partial charge in [-0.25, -0.2) is 4.79 Å². The Bertz CT molecular complexity index is 1400. The molecular formula is C21H12N4O8. The van der Waals surface area contributed by atoms with E-state index in [0.717, 1.165) is 31.4 Å². The van der Waals surface area contributed by atoms with Gasteiger partial charge >= 0.3 is 5.97 Å². The number of aromatic nitrogens is 1. The normalized spacial score (nSPS) is 12.7. The summed E-state index contributed by atoms with van der Waals surface area (Å²) in [5, 5.41) is 34.9. The minimum absolute atomic E-state index is 0.0197. The molecule has 0 spiro atoms. The van der Waals surface area contributed by atoms with Crippen molar-refractivity contribution in [3.63, 3.8) is 0 Å². The van der Waals surface area contributed by atoms with E-state index in [2.05, 4.69) is 4.98 Å². The molecule has 0 saturated carbocycles. The predicted octanol–water partition coefficient (Wildman–Crippen LogP) is 4.16. The Balaban J connectivity index is 2.19. The molecule has 3 aromatic rings. The maximum absolute atomic E-state index is 12.5. The predicted molar refractivity (Wildman–Crippen MR) is 114 cm³/mol. The zero-order chi connectivity index (χ0) is 23.9. The van der Waals surface area contributed by atoms with Crippen LogP contribution in [-0.4, -0.2) is 32.8 Å². The van der Waals surface area contributed by atoms with E-state index in [9.17, 15) is 35.1 Å². The molecule has 0 atom stereocenters. The fraction of sp³-hybridized carbons (Fsp3) is 0.0476. The van der Waals surface area contributed by atoms with Gasteiger partial charge in [-0.1, -0.05) is 6.07 Å². The second-order valence-electron chi connectivity index (χ2n) is 6.88. The molecule has 1 aromatic heterocycles. The smallest absolute Gasteiger partial charge is 0.338 e. The first-order valence-electron chi connectivity index (χ1n) is 9.24. The third kappa shape index (κ3) is 3.54. The molecule has 1 aliphatic rings. The van der Waals surface area contributed by atoms with E-state index >= 15 is 0 Å². The number of rotatable bonds is 5. The molecule has 1 aliphatic carbocycles. The first-order valence-corrected chi connectivity index (χ1v) is 9.24. The number of nitro groups is 3. The highest BCUT2D eigenvalue weighted by molar-refractivity contribution is 6.15. The topological polar surface area (TPSA) is 169 Å². The van der Waals surface area contributed by atoms with Crippen LogP contribution in [0.15, 0.2) is 48.7 Å². The molecule has 2 aromatic carbocycles. The zero-order valence-electron chi connectivity index (χ0n) is 16.8. The SMILES string of the molecule is COC(=O)c1cc([N+](=O)[O-])cc2c1-c1c(cc([N+](=O)[O-])cc1[N+](=O)[O-])/C2=C/c1ccccn1. The molecule has 12 nitrogen and oxygen atoms in total. The molecule has 0 unspecified atom stereocenters. The molecule has 0 radical (unpaired) electrons. The van der Waals surface area contributed by atoms with Crippen molar-refractivity contribution in [1.29, 1.82) is 0 Å².